The maximum Gasteiger partial charge on any atom is 0.255 e. The summed E-state index contributed by atoms with van der Waals surface area (Å²) in [5.74, 6) is 1.16. The summed E-state index contributed by atoms with van der Waals surface area (Å²) in [7, 11) is -3.69. The Balaban J connectivity index is 1.56. The number of carbonyl (C=O) groups is 1. The van der Waals surface area contributed by atoms with Crippen LogP contribution in [-0.4, -0.2) is 44.9 Å². The van der Waals surface area contributed by atoms with E-state index >= 15 is 0 Å². The van der Waals surface area contributed by atoms with Crippen molar-refractivity contribution < 1.29 is 22.7 Å². The maximum absolute atomic E-state index is 13.2. The molecule has 0 bridgehead atoms. The zero-order chi connectivity index (χ0) is 22.9. The number of sulfonamides is 1. The Bertz CT molecular complexity index is 1110. The highest BCUT2D eigenvalue weighted by Crippen LogP contribution is 2.38. The van der Waals surface area contributed by atoms with Gasteiger partial charge in [-0.05, 0) is 36.5 Å². The number of piperidine rings is 1. The first-order chi connectivity index (χ1) is 15.2. The van der Waals surface area contributed by atoms with Gasteiger partial charge in [0.05, 0.1) is 28.8 Å². The van der Waals surface area contributed by atoms with Crippen LogP contribution in [0.15, 0.2) is 41.3 Å². The van der Waals surface area contributed by atoms with Gasteiger partial charge in [-0.3, -0.25) is 4.79 Å². The largest absolute Gasteiger partial charge is 0.490 e. The van der Waals surface area contributed by atoms with Crippen molar-refractivity contribution in [2.45, 2.75) is 31.6 Å². The molecule has 2 aromatic carbocycles. The van der Waals surface area contributed by atoms with Gasteiger partial charge in [0.15, 0.2) is 11.5 Å². The molecule has 0 aliphatic carbocycles. The van der Waals surface area contributed by atoms with Crippen LogP contribution in [0.25, 0.3) is 0 Å². The number of nitrogens with zero attached hydrogens (tertiary/aromatic N) is 1. The fourth-order valence-electron chi connectivity index (χ4n) is 4.22. The topological polar surface area (TPSA) is 84.9 Å². The van der Waals surface area contributed by atoms with E-state index in [1.165, 1.54) is 16.4 Å². The van der Waals surface area contributed by atoms with E-state index in [4.69, 9.17) is 21.1 Å². The van der Waals surface area contributed by atoms with E-state index in [-0.39, 0.29) is 10.5 Å². The molecule has 9 heteroatoms. The lowest BCUT2D eigenvalue weighted by molar-refractivity contribution is 0.102. The molecule has 172 valence electrons. The van der Waals surface area contributed by atoms with Gasteiger partial charge in [-0.1, -0.05) is 31.5 Å². The number of anilines is 1. The predicted octanol–water partition coefficient (Wildman–Crippen LogP) is 4.42. The van der Waals surface area contributed by atoms with Crippen LogP contribution in [0.4, 0.5) is 5.69 Å². The average molecular weight is 479 g/mol. The highest BCUT2D eigenvalue weighted by Gasteiger charge is 2.32. The molecule has 2 unspecified atom stereocenters. The highest BCUT2D eigenvalue weighted by molar-refractivity contribution is 7.89. The van der Waals surface area contributed by atoms with Gasteiger partial charge in [0.1, 0.15) is 0 Å². The third-order valence-electron chi connectivity index (χ3n) is 5.65. The van der Waals surface area contributed by atoms with E-state index in [1.807, 2.05) is 0 Å². The fraction of sp³-hybridized carbons (Fsp3) is 0.435. The van der Waals surface area contributed by atoms with Gasteiger partial charge in [-0.25, -0.2) is 8.42 Å². The molecule has 4 rings (SSSR count). The van der Waals surface area contributed by atoms with Crippen LogP contribution in [0, 0.1) is 11.8 Å². The summed E-state index contributed by atoms with van der Waals surface area (Å²) in [6.45, 7) is 6.12. The maximum atomic E-state index is 13.2. The second kappa shape index (κ2) is 9.29. The van der Waals surface area contributed by atoms with Crippen LogP contribution in [0.5, 0.6) is 11.5 Å². The SMILES string of the molecule is CC1CC(C)CN(S(=O)(=O)c2cccc(C(=O)Nc3cc4c(cc3Cl)OCCCO4)c2)C1. The van der Waals surface area contributed by atoms with Gasteiger partial charge in [0.2, 0.25) is 10.0 Å². The summed E-state index contributed by atoms with van der Waals surface area (Å²) in [6, 6.07) is 9.32. The number of rotatable bonds is 4. The Morgan fingerprint density at radius 1 is 1.06 bits per heavy atom. The van der Waals surface area contributed by atoms with Crippen molar-refractivity contribution in [2.75, 3.05) is 31.6 Å². The molecule has 7 nitrogen and oxygen atoms in total. The Labute approximate surface area is 193 Å². The monoisotopic (exact) mass is 478 g/mol. The Kier molecular flexibility index (Phi) is 6.65. The molecule has 2 atom stereocenters. The number of halogens is 1. The zero-order valence-corrected chi connectivity index (χ0v) is 19.7. The van der Waals surface area contributed by atoms with Crippen molar-refractivity contribution in [2.24, 2.45) is 11.8 Å². The van der Waals surface area contributed by atoms with Crippen LogP contribution >= 0.6 is 11.6 Å². The van der Waals surface area contributed by atoms with Gasteiger partial charge in [-0.2, -0.15) is 4.31 Å². The zero-order valence-electron chi connectivity index (χ0n) is 18.1. The lowest BCUT2D eigenvalue weighted by atomic mass is 9.94. The molecule has 1 amide bonds. The third kappa shape index (κ3) is 4.87. The Hall–Kier alpha value is -2.29. The van der Waals surface area contributed by atoms with Crippen molar-refractivity contribution in [3.63, 3.8) is 0 Å². The minimum absolute atomic E-state index is 0.108. The first-order valence-electron chi connectivity index (χ1n) is 10.7. The average Bonchev–Trinajstić information content (AvgIpc) is 2.98. The van der Waals surface area contributed by atoms with Gasteiger partial charge < -0.3 is 14.8 Å². The van der Waals surface area contributed by atoms with Crippen molar-refractivity contribution in [1.29, 1.82) is 0 Å². The van der Waals surface area contributed by atoms with E-state index < -0.39 is 15.9 Å². The molecule has 0 aromatic heterocycles. The van der Waals surface area contributed by atoms with Crippen molar-refractivity contribution in [1.82, 2.24) is 4.31 Å². The highest BCUT2D eigenvalue weighted by atomic mass is 35.5. The number of benzene rings is 2. The van der Waals surface area contributed by atoms with Gasteiger partial charge in [0, 0.05) is 37.2 Å². The first-order valence-corrected chi connectivity index (χ1v) is 12.6. The molecule has 0 radical (unpaired) electrons. The molecule has 2 heterocycles. The minimum Gasteiger partial charge on any atom is -0.490 e. The van der Waals surface area contributed by atoms with E-state index in [9.17, 15) is 13.2 Å². The summed E-state index contributed by atoms with van der Waals surface area (Å²) in [4.78, 5) is 13.0. The number of hydrogen-bond acceptors (Lipinski definition) is 5. The van der Waals surface area contributed by atoms with E-state index in [0.29, 0.717) is 60.3 Å². The molecule has 0 spiro atoms. The predicted molar refractivity (Wildman–Crippen MR) is 123 cm³/mol. The summed E-state index contributed by atoms with van der Waals surface area (Å²) in [5.41, 5.74) is 0.597. The Morgan fingerprint density at radius 2 is 1.72 bits per heavy atom. The second-order valence-corrected chi connectivity index (χ2v) is 10.9. The lowest BCUT2D eigenvalue weighted by Crippen LogP contribution is -2.42. The second-order valence-electron chi connectivity index (χ2n) is 8.58. The van der Waals surface area contributed by atoms with Crippen LogP contribution in [0.3, 0.4) is 0 Å². The van der Waals surface area contributed by atoms with E-state index in [2.05, 4.69) is 19.2 Å². The molecule has 0 saturated carbocycles. The number of nitrogens with one attached hydrogen (secondary N) is 1. The molecule has 1 fully saturated rings. The molecule has 32 heavy (non-hydrogen) atoms. The Morgan fingerprint density at radius 3 is 2.41 bits per heavy atom. The number of carbonyl (C=O) groups excluding carboxylic acids is 1. The minimum atomic E-state index is -3.69. The van der Waals surface area contributed by atoms with Crippen LogP contribution < -0.4 is 14.8 Å². The number of ether oxygens (including phenoxy) is 2. The molecular weight excluding hydrogens is 452 g/mol. The lowest BCUT2D eigenvalue weighted by Gasteiger charge is -2.34. The standard InChI is InChI=1S/C23H27ClN2O5S/c1-15-9-16(2)14-26(13-15)32(28,29)18-6-3-5-17(10-18)23(27)25-20-12-22-21(11-19(20)24)30-7-4-8-31-22/h3,5-6,10-12,15-16H,4,7-9,13-14H2,1-2H3,(H,25,27). The quantitative estimate of drug-likeness (QED) is 0.703. The van der Waals surface area contributed by atoms with Crippen molar-refractivity contribution in [3.8, 4) is 11.5 Å². The molecule has 2 aliphatic heterocycles. The third-order valence-corrected chi connectivity index (χ3v) is 7.80. The molecular formula is C23H27ClN2O5S. The van der Waals surface area contributed by atoms with Crippen molar-refractivity contribution >= 4 is 33.2 Å². The smallest absolute Gasteiger partial charge is 0.255 e. The summed E-state index contributed by atoms with van der Waals surface area (Å²) in [6.07, 6.45) is 1.76. The van der Waals surface area contributed by atoms with E-state index in [1.54, 1.807) is 24.3 Å². The van der Waals surface area contributed by atoms with Gasteiger partial charge in [-0.15, -0.1) is 0 Å². The normalized spacial score (nSPS) is 21.6. The number of hydrogen-bond donors (Lipinski definition) is 1. The molecule has 1 N–H and O–H groups in total. The number of amides is 1. The van der Waals surface area contributed by atoms with Crippen molar-refractivity contribution in [3.05, 3.63) is 47.0 Å². The van der Waals surface area contributed by atoms with Crippen LogP contribution in [0.1, 0.15) is 37.0 Å². The summed E-state index contributed by atoms with van der Waals surface area (Å²) >= 11 is 6.33. The molecule has 2 aliphatic rings. The summed E-state index contributed by atoms with van der Waals surface area (Å²) < 4.78 is 39.2. The fourth-order valence-corrected chi connectivity index (χ4v) is 6.15. The number of fused-ring (bicyclic) bond motifs is 1. The van der Waals surface area contributed by atoms with E-state index in [0.717, 1.165) is 12.8 Å². The molecule has 2 aromatic rings. The van der Waals surface area contributed by atoms with Crippen LogP contribution in [-0.2, 0) is 10.0 Å². The first kappa shape index (κ1) is 22.9. The van der Waals surface area contributed by atoms with Gasteiger partial charge in [0.25, 0.3) is 5.91 Å². The molecule has 1 saturated heterocycles. The van der Waals surface area contributed by atoms with Crippen LogP contribution in [0.2, 0.25) is 5.02 Å². The van der Waals surface area contributed by atoms with Gasteiger partial charge >= 0.3 is 0 Å². The summed E-state index contributed by atoms with van der Waals surface area (Å²) in [5, 5.41) is 3.06.